The summed E-state index contributed by atoms with van der Waals surface area (Å²) in [5.41, 5.74) is 7.01. The van der Waals surface area contributed by atoms with E-state index in [0.717, 1.165) is 24.5 Å². The normalized spacial score (nSPS) is 17.3. The number of hydrogen-bond donors (Lipinski definition) is 1. The van der Waals surface area contributed by atoms with E-state index in [-0.39, 0.29) is 10.8 Å². The average molecular weight is 282 g/mol. The third-order valence-electron chi connectivity index (χ3n) is 4.29. The van der Waals surface area contributed by atoms with Gasteiger partial charge in [-0.1, -0.05) is 57.5 Å². The zero-order valence-electron chi connectivity index (χ0n) is 12.9. The van der Waals surface area contributed by atoms with E-state index in [0.29, 0.717) is 5.95 Å². The van der Waals surface area contributed by atoms with Crippen molar-refractivity contribution < 1.29 is 0 Å². The van der Waals surface area contributed by atoms with Gasteiger partial charge in [-0.3, -0.25) is 0 Å². The van der Waals surface area contributed by atoms with Crippen molar-refractivity contribution in [3.8, 4) is 0 Å². The summed E-state index contributed by atoms with van der Waals surface area (Å²) < 4.78 is 0. The van der Waals surface area contributed by atoms with Gasteiger partial charge in [0, 0.05) is 5.41 Å². The maximum absolute atomic E-state index is 5.95. The lowest BCUT2D eigenvalue weighted by Gasteiger charge is -2.41. The third kappa shape index (κ3) is 2.39. The van der Waals surface area contributed by atoms with Crippen molar-refractivity contribution in [3.05, 3.63) is 47.5 Å². The van der Waals surface area contributed by atoms with E-state index in [4.69, 9.17) is 10.7 Å². The predicted molar refractivity (Wildman–Crippen MR) is 84.0 cm³/mol. The highest BCUT2D eigenvalue weighted by atomic mass is 15.1. The zero-order chi connectivity index (χ0) is 15.1. The number of hydrogen-bond acceptors (Lipinski definition) is 4. The lowest BCUT2D eigenvalue weighted by molar-refractivity contribution is 0.282. The van der Waals surface area contributed by atoms with Crippen LogP contribution in [0.5, 0.6) is 0 Å². The molecule has 1 saturated carbocycles. The van der Waals surface area contributed by atoms with Gasteiger partial charge >= 0.3 is 0 Å². The van der Waals surface area contributed by atoms with E-state index in [1.807, 2.05) is 6.07 Å². The molecule has 0 radical (unpaired) electrons. The van der Waals surface area contributed by atoms with E-state index in [2.05, 4.69) is 55.0 Å². The first-order chi connectivity index (χ1) is 9.92. The second-order valence-corrected chi connectivity index (χ2v) is 6.89. The van der Waals surface area contributed by atoms with Gasteiger partial charge in [0.05, 0.1) is 5.41 Å². The fourth-order valence-corrected chi connectivity index (χ4v) is 2.87. The summed E-state index contributed by atoms with van der Waals surface area (Å²) in [4.78, 5) is 13.6. The Morgan fingerprint density at radius 1 is 1.00 bits per heavy atom. The molecule has 0 unspecified atom stereocenters. The molecule has 1 fully saturated rings. The number of benzene rings is 1. The average Bonchev–Trinajstić information content (AvgIpc) is 2.37. The summed E-state index contributed by atoms with van der Waals surface area (Å²) in [5, 5.41) is 0. The van der Waals surface area contributed by atoms with Crippen molar-refractivity contribution in [2.75, 3.05) is 5.73 Å². The van der Waals surface area contributed by atoms with Gasteiger partial charge in [-0.05, 0) is 18.4 Å². The first-order valence-corrected chi connectivity index (χ1v) is 7.50. The highest BCUT2D eigenvalue weighted by Crippen LogP contribution is 2.47. The summed E-state index contributed by atoms with van der Waals surface area (Å²) >= 11 is 0. The van der Waals surface area contributed by atoms with E-state index >= 15 is 0 Å². The number of aromatic nitrogens is 3. The highest BCUT2D eigenvalue weighted by molar-refractivity contribution is 5.37. The minimum atomic E-state index is -0.132. The van der Waals surface area contributed by atoms with Crippen LogP contribution in [-0.4, -0.2) is 15.0 Å². The lowest BCUT2D eigenvalue weighted by Crippen LogP contribution is -2.38. The maximum Gasteiger partial charge on any atom is 0.223 e. The first-order valence-electron chi connectivity index (χ1n) is 7.50. The van der Waals surface area contributed by atoms with Crippen molar-refractivity contribution >= 4 is 5.95 Å². The molecule has 3 rings (SSSR count). The van der Waals surface area contributed by atoms with Crippen LogP contribution >= 0.6 is 0 Å². The van der Waals surface area contributed by atoms with Crippen LogP contribution in [0.15, 0.2) is 30.3 Å². The summed E-state index contributed by atoms with van der Waals surface area (Å²) in [6.07, 6.45) is 3.35. The Hall–Kier alpha value is -1.97. The Balaban J connectivity index is 2.12. The van der Waals surface area contributed by atoms with Gasteiger partial charge in [0.15, 0.2) is 0 Å². The summed E-state index contributed by atoms with van der Waals surface area (Å²) in [5.74, 6) is 1.93. The fraction of sp³-hybridized carbons (Fsp3) is 0.471. The molecular formula is C17H22N4. The smallest absolute Gasteiger partial charge is 0.223 e. The fourth-order valence-electron chi connectivity index (χ4n) is 2.87. The second-order valence-electron chi connectivity index (χ2n) is 6.89. The van der Waals surface area contributed by atoms with Crippen LogP contribution in [0, 0.1) is 0 Å². The van der Waals surface area contributed by atoms with Crippen LogP contribution in [0.1, 0.15) is 57.2 Å². The lowest BCUT2D eigenvalue weighted by atomic mass is 9.64. The number of nitrogen functional groups attached to an aromatic ring is 1. The second kappa shape index (κ2) is 4.79. The Bertz CT molecular complexity index is 640. The summed E-state index contributed by atoms with van der Waals surface area (Å²) in [6, 6.07) is 10.5. The number of nitrogens with two attached hydrogens (primary N) is 1. The minimum absolute atomic E-state index is 0.0850. The SMILES string of the molecule is CC(C)(C)c1nc(N)nc(C2(c3ccccc3)CCC2)n1. The van der Waals surface area contributed by atoms with Gasteiger partial charge in [-0.2, -0.15) is 9.97 Å². The molecular weight excluding hydrogens is 260 g/mol. The third-order valence-corrected chi connectivity index (χ3v) is 4.29. The van der Waals surface area contributed by atoms with Crippen molar-refractivity contribution in [1.29, 1.82) is 0 Å². The van der Waals surface area contributed by atoms with Crippen LogP contribution in [0.2, 0.25) is 0 Å². The maximum atomic E-state index is 5.95. The molecule has 0 aliphatic heterocycles. The number of rotatable bonds is 2. The Morgan fingerprint density at radius 2 is 1.67 bits per heavy atom. The van der Waals surface area contributed by atoms with Crippen LogP contribution in [-0.2, 0) is 10.8 Å². The number of nitrogens with zero attached hydrogens (tertiary/aromatic N) is 3. The van der Waals surface area contributed by atoms with Crippen molar-refractivity contribution in [2.24, 2.45) is 0 Å². The number of anilines is 1. The first kappa shape index (κ1) is 14.0. The van der Waals surface area contributed by atoms with E-state index in [1.54, 1.807) is 0 Å². The monoisotopic (exact) mass is 282 g/mol. The summed E-state index contributed by atoms with van der Waals surface area (Å²) in [6.45, 7) is 6.30. The van der Waals surface area contributed by atoms with Gasteiger partial charge < -0.3 is 5.73 Å². The molecule has 1 aliphatic rings. The largest absolute Gasteiger partial charge is 0.368 e. The molecule has 1 aromatic heterocycles. The van der Waals surface area contributed by atoms with E-state index in [9.17, 15) is 0 Å². The molecule has 1 aliphatic carbocycles. The van der Waals surface area contributed by atoms with Crippen molar-refractivity contribution in [2.45, 2.75) is 50.9 Å². The van der Waals surface area contributed by atoms with Gasteiger partial charge in [0.2, 0.25) is 5.95 Å². The molecule has 1 aromatic carbocycles. The van der Waals surface area contributed by atoms with Crippen LogP contribution in [0.3, 0.4) is 0 Å². The molecule has 4 nitrogen and oxygen atoms in total. The van der Waals surface area contributed by atoms with E-state index < -0.39 is 0 Å². The molecule has 0 bridgehead atoms. The molecule has 0 atom stereocenters. The molecule has 21 heavy (non-hydrogen) atoms. The molecule has 0 saturated heterocycles. The zero-order valence-corrected chi connectivity index (χ0v) is 12.9. The molecule has 2 N–H and O–H groups in total. The quantitative estimate of drug-likeness (QED) is 0.918. The van der Waals surface area contributed by atoms with Crippen molar-refractivity contribution in [3.63, 3.8) is 0 Å². The van der Waals surface area contributed by atoms with Crippen LogP contribution < -0.4 is 5.73 Å². The van der Waals surface area contributed by atoms with Crippen molar-refractivity contribution in [1.82, 2.24) is 15.0 Å². The standard InChI is InChI=1S/C17H22N4/c1-16(2,3)13-19-14(21-15(18)20-13)17(10-7-11-17)12-8-5-4-6-9-12/h4-6,8-9H,7,10-11H2,1-3H3,(H2,18,19,20,21). The predicted octanol–water partition coefficient (Wildman–Crippen LogP) is 3.22. The molecule has 4 heteroatoms. The molecule has 0 amide bonds. The van der Waals surface area contributed by atoms with E-state index in [1.165, 1.54) is 12.0 Å². The van der Waals surface area contributed by atoms with Gasteiger partial charge in [-0.15, -0.1) is 0 Å². The van der Waals surface area contributed by atoms with Gasteiger partial charge in [0.1, 0.15) is 11.6 Å². The molecule has 110 valence electrons. The molecule has 2 aromatic rings. The Kier molecular flexibility index (Phi) is 3.19. The van der Waals surface area contributed by atoms with Crippen LogP contribution in [0.25, 0.3) is 0 Å². The molecule has 0 spiro atoms. The van der Waals surface area contributed by atoms with Gasteiger partial charge in [-0.25, -0.2) is 4.98 Å². The summed E-state index contributed by atoms with van der Waals surface area (Å²) in [7, 11) is 0. The Labute approximate surface area is 125 Å². The topological polar surface area (TPSA) is 64.7 Å². The van der Waals surface area contributed by atoms with Gasteiger partial charge in [0.25, 0.3) is 0 Å². The Morgan fingerprint density at radius 3 is 2.19 bits per heavy atom. The highest BCUT2D eigenvalue weighted by Gasteiger charge is 2.43. The van der Waals surface area contributed by atoms with Crippen LogP contribution in [0.4, 0.5) is 5.95 Å². The minimum Gasteiger partial charge on any atom is -0.368 e. The molecule has 1 heterocycles.